The lowest BCUT2D eigenvalue weighted by atomic mass is 9.84. The van der Waals surface area contributed by atoms with Gasteiger partial charge in [0, 0.05) is 24.0 Å². The average molecular weight is 526 g/mol. The first-order valence-electron chi connectivity index (χ1n) is 9.54. The van der Waals surface area contributed by atoms with Gasteiger partial charge in [0.25, 0.3) is 5.91 Å². The van der Waals surface area contributed by atoms with E-state index in [-0.39, 0.29) is 29.9 Å². The predicted molar refractivity (Wildman–Crippen MR) is 122 cm³/mol. The largest absolute Gasteiger partial charge is 0.385 e. The third kappa shape index (κ3) is 4.75. The molecule has 2 aromatic carbocycles. The first kappa shape index (κ1) is 22.2. The minimum Gasteiger partial charge on any atom is -0.379 e. The van der Waals surface area contributed by atoms with Gasteiger partial charge in [0.15, 0.2) is 5.11 Å². The van der Waals surface area contributed by atoms with E-state index in [0.29, 0.717) is 25.2 Å². The summed E-state index contributed by atoms with van der Waals surface area (Å²) in [4.78, 5) is 13.0. The highest BCUT2D eigenvalue weighted by atomic mass is 79.9. The molecule has 2 fully saturated rings. The molecular formula is C20H20BrN3O5S2. The molecule has 2 aromatic rings. The Labute approximate surface area is 194 Å². The van der Waals surface area contributed by atoms with Crippen LogP contribution in [0.5, 0.6) is 5.75 Å². The number of hydrogen-bond donors (Lipinski definition) is 2. The number of nitrogens with one attached hydrogen (secondary N) is 2. The smallest absolute Gasteiger partial charge is 0.379 e. The number of ether oxygens (including phenoxy) is 1. The van der Waals surface area contributed by atoms with Crippen molar-refractivity contribution in [2.75, 3.05) is 26.3 Å². The van der Waals surface area contributed by atoms with Crippen LogP contribution in [0.25, 0.3) is 0 Å². The zero-order valence-corrected chi connectivity index (χ0v) is 19.6. The Hall–Kier alpha value is -2.05. The van der Waals surface area contributed by atoms with Crippen LogP contribution in [-0.2, 0) is 31.8 Å². The molecule has 1 unspecified atom stereocenters. The lowest BCUT2D eigenvalue weighted by Crippen LogP contribution is -2.46. The van der Waals surface area contributed by atoms with Gasteiger partial charge < -0.3 is 19.6 Å². The minimum atomic E-state index is -3.98. The van der Waals surface area contributed by atoms with E-state index in [2.05, 4.69) is 26.6 Å². The molecule has 0 aromatic heterocycles. The van der Waals surface area contributed by atoms with Crippen molar-refractivity contribution in [1.29, 1.82) is 0 Å². The Morgan fingerprint density at radius 2 is 1.90 bits per heavy atom. The summed E-state index contributed by atoms with van der Waals surface area (Å²) in [7, 11) is -3.98. The van der Waals surface area contributed by atoms with Crippen molar-refractivity contribution in [2.45, 2.75) is 12.0 Å². The van der Waals surface area contributed by atoms with Gasteiger partial charge in [-0.2, -0.15) is 12.7 Å². The molecule has 2 aliphatic rings. The zero-order chi connectivity index (χ0) is 22.1. The van der Waals surface area contributed by atoms with Crippen LogP contribution in [0, 0.1) is 0 Å². The maximum absolute atomic E-state index is 13.0. The van der Waals surface area contributed by atoms with Crippen molar-refractivity contribution in [1.82, 2.24) is 14.9 Å². The van der Waals surface area contributed by atoms with E-state index in [1.807, 2.05) is 24.3 Å². The highest BCUT2D eigenvalue weighted by Crippen LogP contribution is 2.32. The van der Waals surface area contributed by atoms with Crippen LogP contribution in [0.4, 0.5) is 0 Å². The number of rotatable bonds is 6. The normalized spacial score (nSPS) is 22.1. The highest BCUT2D eigenvalue weighted by Gasteiger charge is 2.46. The number of morpholine rings is 1. The lowest BCUT2D eigenvalue weighted by molar-refractivity contribution is -0.124. The van der Waals surface area contributed by atoms with Crippen LogP contribution in [0.2, 0.25) is 0 Å². The number of hydrogen-bond acceptors (Lipinski definition) is 6. The van der Waals surface area contributed by atoms with Gasteiger partial charge in [-0.3, -0.25) is 4.79 Å². The number of amides is 1. The second kappa shape index (κ2) is 8.83. The van der Waals surface area contributed by atoms with Crippen molar-refractivity contribution < 1.29 is 22.1 Å². The van der Waals surface area contributed by atoms with Gasteiger partial charge in [-0.15, -0.1) is 0 Å². The second-order valence-electron chi connectivity index (χ2n) is 7.20. The summed E-state index contributed by atoms with van der Waals surface area (Å²) in [5.41, 5.74) is 0.244. The summed E-state index contributed by atoms with van der Waals surface area (Å²) in [6, 6.07) is 14.1. The quantitative estimate of drug-likeness (QED) is 0.555. The molecule has 0 spiro atoms. The lowest BCUT2D eigenvalue weighted by Gasteiger charge is -2.28. The van der Waals surface area contributed by atoms with Crippen LogP contribution >= 0.6 is 28.1 Å². The van der Waals surface area contributed by atoms with Gasteiger partial charge in [-0.25, -0.2) is 0 Å². The number of carbonyl (C=O) groups is 1. The SMILES string of the molecule is O=C1NC(=S)NC1(Cc1cccc(Br)c1)c1cccc(OS(=O)(=O)N2CCOCC2)c1. The Kier molecular flexibility index (Phi) is 6.31. The molecule has 8 nitrogen and oxygen atoms in total. The van der Waals surface area contributed by atoms with Crippen molar-refractivity contribution in [3.8, 4) is 5.75 Å². The molecule has 0 saturated carbocycles. The van der Waals surface area contributed by atoms with Gasteiger partial charge in [-0.1, -0.05) is 40.2 Å². The molecule has 2 aliphatic heterocycles. The first-order chi connectivity index (χ1) is 14.8. The molecule has 0 bridgehead atoms. The summed E-state index contributed by atoms with van der Waals surface area (Å²) >= 11 is 8.64. The van der Waals surface area contributed by atoms with Crippen molar-refractivity contribution in [2.24, 2.45) is 0 Å². The van der Waals surface area contributed by atoms with E-state index in [1.165, 1.54) is 4.31 Å². The van der Waals surface area contributed by atoms with E-state index in [1.54, 1.807) is 24.3 Å². The molecule has 0 aliphatic carbocycles. The maximum atomic E-state index is 13.0. The van der Waals surface area contributed by atoms with E-state index in [4.69, 9.17) is 21.1 Å². The number of halogens is 1. The monoisotopic (exact) mass is 525 g/mol. The van der Waals surface area contributed by atoms with Crippen molar-refractivity contribution in [3.63, 3.8) is 0 Å². The number of carbonyl (C=O) groups excluding carboxylic acids is 1. The third-order valence-electron chi connectivity index (χ3n) is 5.11. The highest BCUT2D eigenvalue weighted by molar-refractivity contribution is 9.10. The molecule has 164 valence electrons. The topological polar surface area (TPSA) is 97.0 Å². The summed E-state index contributed by atoms with van der Waals surface area (Å²) in [6.45, 7) is 1.10. The van der Waals surface area contributed by atoms with Gasteiger partial charge in [0.2, 0.25) is 0 Å². The summed E-state index contributed by atoms with van der Waals surface area (Å²) in [6.07, 6.45) is 0.304. The molecule has 0 radical (unpaired) electrons. The van der Waals surface area contributed by atoms with E-state index in [9.17, 15) is 13.2 Å². The van der Waals surface area contributed by atoms with Gasteiger partial charge in [-0.05, 0) is 47.6 Å². The Morgan fingerprint density at radius 1 is 1.16 bits per heavy atom. The third-order valence-corrected chi connectivity index (χ3v) is 7.21. The summed E-state index contributed by atoms with van der Waals surface area (Å²) < 4.78 is 38.0. The Bertz CT molecular complexity index is 1120. The molecular weight excluding hydrogens is 506 g/mol. The molecule has 2 heterocycles. The number of nitrogens with zero attached hydrogens (tertiary/aromatic N) is 1. The fraction of sp³-hybridized carbons (Fsp3) is 0.300. The van der Waals surface area contributed by atoms with Crippen LogP contribution in [0.15, 0.2) is 53.0 Å². The summed E-state index contributed by atoms with van der Waals surface area (Å²) in [5.74, 6) is -0.198. The molecule has 1 atom stereocenters. The van der Waals surface area contributed by atoms with E-state index < -0.39 is 15.8 Å². The van der Waals surface area contributed by atoms with Gasteiger partial charge in [0.05, 0.1) is 13.2 Å². The van der Waals surface area contributed by atoms with Gasteiger partial charge in [0.1, 0.15) is 11.3 Å². The fourth-order valence-corrected chi connectivity index (χ4v) is 5.39. The fourth-order valence-electron chi connectivity index (χ4n) is 3.63. The van der Waals surface area contributed by atoms with E-state index >= 15 is 0 Å². The second-order valence-corrected chi connectivity index (χ2v) is 10.1. The predicted octanol–water partition coefficient (Wildman–Crippen LogP) is 1.85. The van der Waals surface area contributed by atoms with Crippen molar-refractivity contribution in [3.05, 3.63) is 64.1 Å². The first-order valence-corrected chi connectivity index (χ1v) is 12.1. The molecule has 11 heteroatoms. The average Bonchev–Trinajstić information content (AvgIpc) is 3.02. The summed E-state index contributed by atoms with van der Waals surface area (Å²) in [5, 5.41) is 5.94. The molecule has 2 N–H and O–H groups in total. The van der Waals surface area contributed by atoms with Crippen molar-refractivity contribution >= 4 is 49.5 Å². The molecule has 1 amide bonds. The standard InChI is InChI=1S/C20H20BrN3O5S2/c21-16-5-1-3-14(11-16)13-20(18(25)22-19(30)23-20)15-4-2-6-17(12-15)29-31(26,27)24-7-9-28-10-8-24/h1-6,11-12H,7-10,13H2,(H2,22,23,25,30). The molecule has 4 rings (SSSR count). The number of benzene rings is 2. The van der Waals surface area contributed by atoms with Gasteiger partial charge >= 0.3 is 10.3 Å². The van der Waals surface area contributed by atoms with Crippen LogP contribution in [0.1, 0.15) is 11.1 Å². The van der Waals surface area contributed by atoms with Crippen LogP contribution < -0.4 is 14.8 Å². The zero-order valence-electron chi connectivity index (χ0n) is 16.3. The maximum Gasteiger partial charge on any atom is 0.385 e. The molecule has 31 heavy (non-hydrogen) atoms. The van der Waals surface area contributed by atoms with Crippen LogP contribution in [0.3, 0.4) is 0 Å². The Morgan fingerprint density at radius 3 is 2.58 bits per heavy atom. The number of thiocarbonyl (C=S) groups is 1. The molecule has 2 saturated heterocycles. The van der Waals surface area contributed by atoms with E-state index in [0.717, 1.165) is 10.0 Å². The minimum absolute atomic E-state index is 0.116. The van der Waals surface area contributed by atoms with Crippen LogP contribution in [-0.4, -0.2) is 50.0 Å². The Balaban J connectivity index is 1.67.